The number of methoxy groups -OCH3 is 2. The molecule has 1 aromatic rings. The predicted octanol–water partition coefficient (Wildman–Crippen LogP) is 0.887. The van der Waals surface area contributed by atoms with Crippen LogP contribution in [0.1, 0.15) is 24.6 Å². The molecule has 2 atom stereocenters. The average molecular weight is 226 g/mol. The molecule has 0 aromatic carbocycles. The minimum Gasteiger partial charge on any atom is -0.493 e. The Bertz CT molecular complexity index is 360. The van der Waals surface area contributed by atoms with Crippen LogP contribution >= 0.6 is 0 Å². The van der Waals surface area contributed by atoms with Crippen LogP contribution in [-0.4, -0.2) is 35.2 Å². The van der Waals surface area contributed by atoms with E-state index in [0.29, 0.717) is 17.4 Å². The van der Waals surface area contributed by atoms with Gasteiger partial charge in [0.2, 0.25) is 0 Å². The van der Waals surface area contributed by atoms with Gasteiger partial charge in [-0.15, -0.1) is 0 Å². The van der Waals surface area contributed by atoms with Crippen molar-refractivity contribution in [3.63, 3.8) is 0 Å². The second-order valence-electron chi connectivity index (χ2n) is 4.20. The summed E-state index contributed by atoms with van der Waals surface area (Å²) in [5.74, 6) is 1.07. The summed E-state index contributed by atoms with van der Waals surface area (Å²) < 4.78 is 12.2. The highest BCUT2D eigenvalue weighted by Crippen LogP contribution is 2.41. The van der Waals surface area contributed by atoms with Crippen molar-refractivity contribution in [1.29, 1.82) is 0 Å². The average Bonchev–Trinajstić information content (AvgIpc) is 3.02. The van der Waals surface area contributed by atoms with E-state index in [-0.39, 0.29) is 6.10 Å². The lowest BCUT2D eigenvalue weighted by molar-refractivity contribution is -0.0304. The summed E-state index contributed by atoms with van der Waals surface area (Å²) >= 11 is 0. The van der Waals surface area contributed by atoms with Crippen LogP contribution < -0.4 is 4.74 Å². The highest BCUT2D eigenvalue weighted by Gasteiger charge is 2.39. The first-order chi connectivity index (χ1) is 7.69. The molecule has 2 rings (SSSR count). The van der Waals surface area contributed by atoms with Gasteiger partial charge in [0.15, 0.2) is 5.75 Å². The zero-order valence-electron chi connectivity index (χ0n) is 9.88. The number of aliphatic hydroxyl groups is 1. The van der Waals surface area contributed by atoms with Crippen LogP contribution in [0.4, 0.5) is 0 Å². The van der Waals surface area contributed by atoms with Crippen LogP contribution in [0, 0.1) is 5.92 Å². The molecular formula is C11H18N2O3. The van der Waals surface area contributed by atoms with Crippen molar-refractivity contribution in [2.75, 3.05) is 14.2 Å². The minimum absolute atomic E-state index is 0.163. The molecule has 1 aliphatic carbocycles. The van der Waals surface area contributed by atoms with E-state index >= 15 is 0 Å². The molecular weight excluding hydrogens is 208 g/mol. The fraction of sp³-hybridized carbons (Fsp3) is 0.727. The van der Waals surface area contributed by atoms with Crippen molar-refractivity contribution in [2.24, 2.45) is 13.0 Å². The summed E-state index contributed by atoms with van der Waals surface area (Å²) in [6, 6.07) is 0. The predicted molar refractivity (Wildman–Crippen MR) is 58.2 cm³/mol. The third-order valence-corrected chi connectivity index (χ3v) is 3.12. The SMILES string of the molecule is COc1cnn(C)c1C(O)C(OC)C1CC1. The van der Waals surface area contributed by atoms with Gasteiger partial charge in [-0.2, -0.15) is 5.10 Å². The van der Waals surface area contributed by atoms with E-state index in [1.54, 1.807) is 32.1 Å². The summed E-state index contributed by atoms with van der Waals surface area (Å²) in [5.41, 5.74) is 0.682. The molecule has 5 nitrogen and oxygen atoms in total. The maximum Gasteiger partial charge on any atom is 0.162 e. The van der Waals surface area contributed by atoms with Gasteiger partial charge in [0.05, 0.1) is 19.4 Å². The molecule has 1 N–H and O–H groups in total. The van der Waals surface area contributed by atoms with Crippen molar-refractivity contribution in [3.8, 4) is 5.75 Å². The van der Waals surface area contributed by atoms with Crippen LogP contribution in [0.25, 0.3) is 0 Å². The van der Waals surface area contributed by atoms with E-state index in [2.05, 4.69) is 5.10 Å². The summed E-state index contributed by atoms with van der Waals surface area (Å²) in [6.07, 6.45) is 3.01. The molecule has 1 saturated carbocycles. The van der Waals surface area contributed by atoms with Gasteiger partial charge < -0.3 is 14.6 Å². The normalized spacial score (nSPS) is 19.5. The van der Waals surface area contributed by atoms with Crippen molar-refractivity contribution in [2.45, 2.75) is 25.0 Å². The van der Waals surface area contributed by atoms with Crippen molar-refractivity contribution in [1.82, 2.24) is 9.78 Å². The van der Waals surface area contributed by atoms with Crippen LogP contribution in [0.2, 0.25) is 0 Å². The van der Waals surface area contributed by atoms with E-state index in [4.69, 9.17) is 9.47 Å². The quantitative estimate of drug-likeness (QED) is 0.810. The Labute approximate surface area is 95.0 Å². The molecule has 2 unspecified atom stereocenters. The number of aryl methyl sites for hydroxylation is 1. The first kappa shape index (κ1) is 11.4. The van der Waals surface area contributed by atoms with Crippen molar-refractivity contribution < 1.29 is 14.6 Å². The molecule has 90 valence electrons. The maximum atomic E-state index is 10.3. The number of hydrogen-bond donors (Lipinski definition) is 1. The molecule has 1 heterocycles. The lowest BCUT2D eigenvalue weighted by Crippen LogP contribution is -2.25. The van der Waals surface area contributed by atoms with Gasteiger partial charge in [-0.05, 0) is 18.8 Å². The Balaban J connectivity index is 2.23. The zero-order valence-corrected chi connectivity index (χ0v) is 9.88. The third-order valence-electron chi connectivity index (χ3n) is 3.12. The monoisotopic (exact) mass is 226 g/mol. The number of rotatable bonds is 5. The Morgan fingerprint density at radius 3 is 2.69 bits per heavy atom. The Hall–Kier alpha value is -1.07. The number of nitrogens with zero attached hydrogens (tertiary/aromatic N) is 2. The minimum atomic E-state index is -0.681. The fourth-order valence-electron chi connectivity index (χ4n) is 2.08. The molecule has 0 spiro atoms. The molecule has 0 aliphatic heterocycles. The molecule has 0 saturated heterocycles. The molecule has 5 heteroatoms. The van der Waals surface area contributed by atoms with E-state index in [1.165, 1.54) is 0 Å². The van der Waals surface area contributed by atoms with E-state index in [1.807, 2.05) is 0 Å². The first-order valence-corrected chi connectivity index (χ1v) is 5.45. The standard InChI is InChI=1S/C11H18N2O3/c1-13-9(8(15-2)6-12-13)10(14)11(16-3)7-4-5-7/h6-7,10-11,14H,4-5H2,1-3H3. The molecule has 0 bridgehead atoms. The summed E-state index contributed by atoms with van der Waals surface area (Å²) in [7, 11) is 5.00. The fourth-order valence-corrected chi connectivity index (χ4v) is 2.08. The maximum absolute atomic E-state index is 10.3. The van der Waals surface area contributed by atoms with Crippen molar-refractivity contribution in [3.05, 3.63) is 11.9 Å². The van der Waals surface area contributed by atoms with E-state index in [0.717, 1.165) is 12.8 Å². The molecule has 1 aliphatic rings. The highest BCUT2D eigenvalue weighted by molar-refractivity contribution is 5.28. The summed E-state index contributed by atoms with van der Waals surface area (Å²) in [5, 5.41) is 14.4. The van der Waals surface area contributed by atoms with Crippen LogP contribution in [0.15, 0.2) is 6.20 Å². The molecule has 16 heavy (non-hydrogen) atoms. The molecule has 1 aromatic heterocycles. The molecule has 0 radical (unpaired) electrons. The third kappa shape index (κ3) is 1.92. The Morgan fingerprint density at radius 1 is 1.50 bits per heavy atom. The number of aliphatic hydroxyl groups excluding tert-OH is 1. The van der Waals surface area contributed by atoms with Gasteiger partial charge in [0, 0.05) is 14.2 Å². The van der Waals surface area contributed by atoms with Gasteiger partial charge in [-0.3, -0.25) is 4.68 Å². The number of hydrogen-bond acceptors (Lipinski definition) is 4. The smallest absolute Gasteiger partial charge is 0.162 e. The lowest BCUT2D eigenvalue weighted by Gasteiger charge is -2.22. The van der Waals surface area contributed by atoms with E-state index < -0.39 is 6.10 Å². The van der Waals surface area contributed by atoms with Crippen LogP contribution in [0.5, 0.6) is 5.75 Å². The van der Waals surface area contributed by atoms with Crippen LogP contribution in [-0.2, 0) is 11.8 Å². The Kier molecular flexibility index (Phi) is 3.16. The van der Waals surface area contributed by atoms with Gasteiger partial charge in [0.1, 0.15) is 11.8 Å². The first-order valence-electron chi connectivity index (χ1n) is 5.45. The van der Waals surface area contributed by atoms with Gasteiger partial charge in [0.25, 0.3) is 0 Å². The second kappa shape index (κ2) is 4.43. The van der Waals surface area contributed by atoms with Crippen molar-refractivity contribution >= 4 is 0 Å². The number of aromatic nitrogens is 2. The summed E-state index contributed by atoms with van der Waals surface area (Å²) in [4.78, 5) is 0. The lowest BCUT2D eigenvalue weighted by atomic mass is 10.1. The van der Waals surface area contributed by atoms with Crippen LogP contribution in [0.3, 0.4) is 0 Å². The largest absolute Gasteiger partial charge is 0.493 e. The highest BCUT2D eigenvalue weighted by atomic mass is 16.5. The summed E-state index contributed by atoms with van der Waals surface area (Å²) in [6.45, 7) is 0. The van der Waals surface area contributed by atoms with Gasteiger partial charge in [-0.25, -0.2) is 0 Å². The second-order valence-corrected chi connectivity index (χ2v) is 4.20. The van der Waals surface area contributed by atoms with Gasteiger partial charge in [-0.1, -0.05) is 0 Å². The Morgan fingerprint density at radius 2 is 2.19 bits per heavy atom. The molecule has 0 amide bonds. The zero-order chi connectivity index (χ0) is 11.7. The van der Waals surface area contributed by atoms with E-state index in [9.17, 15) is 5.11 Å². The topological polar surface area (TPSA) is 56.5 Å². The number of ether oxygens (including phenoxy) is 2. The van der Waals surface area contributed by atoms with Gasteiger partial charge >= 0.3 is 0 Å². The molecule has 1 fully saturated rings.